The molecule has 0 bridgehead atoms. The van der Waals surface area contributed by atoms with Gasteiger partial charge >= 0.3 is 5.97 Å². The molecule has 0 spiro atoms. The Morgan fingerprint density at radius 2 is 1.70 bits per heavy atom. The molecule has 1 aliphatic heterocycles. The van der Waals surface area contributed by atoms with Crippen molar-refractivity contribution in [3.63, 3.8) is 0 Å². The zero-order valence-corrected chi connectivity index (χ0v) is 31.2. The van der Waals surface area contributed by atoms with Gasteiger partial charge in [-0.05, 0) is 113 Å². The zero-order valence-electron chi connectivity index (χ0n) is 31.2. The summed E-state index contributed by atoms with van der Waals surface area (Å²) in [5.74, 6) is -1.16. The first-order valence-electron chi connectivity index (χ1n) is 18.8. The van der Waals surface area contributed by atoms with Crippen LogP contribution in [-0.4, -0.2) is 44.2 Å². The summed E-state index contributed by atoms with van der Waals surface area (Å²) in [4.78, 5) is 14.3. The number of carbonyl (C=O) groups excluding carboxylic acids is 1. The van der Waals surface area contributed by atoms with Crippen LogP contribution < -0.4 is 4.74 Å². The molecule has 2 aromatic carbocycles. The third-order valence-corrected chi connectivity index (χ3v) is 11.3. The van der Waals surface area contributed by atoms with Crippen molar-refractivity contribution >= 4 is 11.5 Å². The van der Waals surface area contributed by atoms with Crippen molar-refractivity contribution in [3.05, 3.63) is 75.4 Å². The minimum Gasteiger partial charge on any atom is -0.507 e. The van der Waals surface area contributed by atoms with Crippen LogP contribution >= 0.6 is 0 Å². The molecule has 0 aromatic heterocycles. The average Bonchev–Trinajstić information content (AvgIpc) is 3.03. The van der Waals surface area contributed by atoms with Gasteiger partial charge in [-0.15, -0.1) is 0 Å². The molecule has 5 atom stereocenters. The number of benzene rings is 2. The fourth-order valence-electron chi connectivity index (χ4n) is 8.37. The Morgan fingerprint density at radius 1 is 1.02 bits per heavy atom. The van der Waals surface area contributed by atoms with Gasteiger partial charge in [0, 0.05) is 23.8 Å². The predicted molar refractivity (Wildman–Crippen MR) is 199 cm³/mol. The number of aromatic hydroxyl groups is 3. The van der Waals surface area contributed by atoms with E-state index in [1.165, 1.54) is 0 Å². The quantitative estimate of drug-likeness (QED) is 0.0998. The highest BCUT2D eigenvalue weighted by atomic mass is 16.5. The van der Waals surface area contributed by atoms with Gasteiger partial charge in [0.1, 0.15) is 40.3 Å². The number of phenolic OH excluding ortho intramolecular Hbond substituents is 3. The van der Waals surface area contributed by atoms with Crippen LogP contribution in [-0.2, 0) is 17.6 Å². The highest BCUT2D eigenvalue weighted by Crippen LogP contribution is 2.53. The number of fused-ring (bicyclic) bond motifs is 2. The predicted octanol–water partition coefficient (Wildman–Crippen LogP) is 9.84. The minimum atomic E-state index is -1.03. The van der Waals surface area contributed by atoms with E-state index in [1.807, 2.05) is 40.7 Å². The van der Waals surface area contributed by atoms with Crippen LogP contribution in [0.3, 0.4) is 0 Å². The maximum absolute atomic E-state index is 14.3. The molecule has 2 aliphatic carbocycles. The van der Waals surface area contributed by atoms with Gasteiger partial charge in [0.2, 0.25) is 0 Å². The summed E-state index contributed by atoms with van der Waals surface area (Å²) >= 11 is 0. The van der Waals surface area contributed by atoms with E-state index in [4.69, 9.17) is 9.47 Å². The molecule has 7 heteroatoms. The van der Waals surface area contributed by atoms with Crippen molar-refractivity contribution in [2.24, 2.45) is 11.8 Å². The van der Waals surface area contributed by atoms with Crippen molar-refractivity contribution < 1.29 is 34.7 Å². The fourth-order valence-corrected chi connectivity index (χ4v) is 8.37. The van der Waals surface area contributed by atoms with Gasteiger partial charge in [-0.25, -0.2) is 4.79 Å². The van der Waals surface area contributed by atoms with Crippen molar-refractivity contribution in [3.8, 4) is 23.0 Å². The topological polar surface area (TPSA) is 116 Å². The highest BCUT2D eigenvalue weighted by Gasteiger charge is 2.47. The first-order valence-corrected chi connectivity index (χ1v) is 18.8. The van der Waals surface area contributed by atoms with Crippen molar-refractivity contribution in [1.82, 2.24) is 0 Å². The van der Waals surface area contributed by atoms with Crippen LogP contribution in [0.4, 0.5) is 0 Å². The number of aliphatic hydroxyl groups excluding tert-OH is 1. The van der Waals surface area contributed by atoms with Gasteiger partial charge in [-0.1, -0.05) is 70.3 Å². The molecule has 0 amide bonds. The second-order valence-electron chi connectivity index (χ2n) is 15.6. The van der Waals surface area contributed by atoms with Crippen LogP contribution in [0.15, 0.2) is 47.6 Å². The summed E-state index contributed by atoms with van der Waals surface area (Å²) in [6.07, 6.45) is 9.61. The Balaban J connectivity index is 1.52. The SMILES string of the molecule is C=C(C)C1CCC(C)=CC1c1c(O)cc(CCCCC)c(C(=O)OC2CC3=C(c4c(O)cc(CCCCC)cc4OC3(C)C)C(O)C2C)c1O. The number of esters is 1. The summed E-state index contributed by atoms with van der Waals surface area (Å²) in [5, 5.41) is 46.5. The number of aliphatic hydroxyl groups is 1. The molecule has 2 aromatic rings. The number of aryl methyl sites for hydroxylation is 2. The van der Waals surface area contributed by atoms with Crippen molar-refractivity contribution in [2.45, 2.75) is 143 Å². The van der Waals surface area contributed by atoms with E-state index in [2.05, 4.69) is 26.5 Å². The lowest BCUT2D eigenvalue weighted by Crippen LogP contribution is -2.46. The molecule has 3 aliphatic rings. The van der Waals surface area contributed by atoms with Crippen molar-refractivity contribution in [2.75, 3.05) is 0 Å². The smallest absolute Gasteiger partial charge is 0.342 e. The minimum absolute atomic E-state index is 0.00410. The van der Waals surface area contributed by atoms with Gasteiger partial charge in [-0.3, -0.25) is 0 Å². The van der Waals surface area contributed by atoms with Crippen LogP contribution in [0.2, 0.25) is 0 Å². The lowest BCUT2D eigenvalue weighted by atomic mass is 9.71. The molecule has 1 heterocycles. The van der Waals surface area contributed by atoms with Gasteiger partial charge in [-0.2, -0.15) is 0 Å². The van der Waals surface area contributed by atoms with Crippen LogP contribution in [0.25, 0.3) is 5.57 Å². The summed E-state index contributed by atoms with van der Waals surface area (Å²) in [6.45, 7) is 18.2. The largest absolute Gasteiger partial charge is 0.507 e. The van der Waals surface area contributed by atoms with Crippen LogP contribution in [0.1, 0.15) is 145 Å². The number of ether oxygens (including phenoxy) is 2. The summed E-state index contributed by atoms with van der Waals surface area (Å²) in [5.41, 5.74) is 5.14. The number of hydrogen-bond donors (Lipinski definition) is 4. The van der Waals surface area contributed by atoms with E-state index in [9.17, 15) is 25.2 Å². The van der Waals surface area contributed by atoms with Gasteiger partial charge in [0.15, 0.2) is 0 Å². The van der Waals surface area contributed by atoms with Crippen LogP contribution in [0, 0.1) is 11.8 Å². The van der Waals surface area contributed by atoms with Gasteiger partial charge in [0.05, 0.1) is 11.7 Å². The number of phenols is 3. The molecule has 5 unspecified atom stereocenters. The normalized spacial score (nSPS) is 24.2. The molecule has 4 N–H and O–H groups in total. The Kier molecular flexibility index (Phi) is 11.5. The number of rotatable bonds is 12. The first kappa shape index (κ1) is 37.5. The summed E-state index contributed by atoms with van der Waals surface area (Å²) < 4.78 is 12.8. The molecule has 272 valence electrons. The monoisotopic (exact) mass is 686 g/mol. The number of unbranched alkanes of at least 4 members (excludes halogenated alkanes) is 4. The van der Waals surface area contributed by atoms with E-state index in [-0.39, 0.29) is 34.6 Å². The maximum Gasteiger partial charge on any atom is 0.342 e. The van der Waals surface area contributed by atoms with Crippen molar-refractivity contribution in [1.29, 1.82) is 0 Å². The van der Waals surface area contributed by atoms with Gasteiger partial charge < -0.3 is 29.9 Å². The second-order valence-corrected chi connectivity index (χ2v) is 15.6. The highest BCUT2D eigenvalue weighted by molar-refractivity contribution is 5.96. The first-order chi connectivity index (χ1) is 23.7. The fraction of sp³-hybridized carbons (Fsp3) is 0.558. The number of carbonyl (C=O) groups is 1. The van der Waals surface area contributed by atoms with E-state index < -0.39 is 29.7 Å². The van der Waals surface area contributed by atoms with Gasteiger partial charge in [0.25, 0.3) is 0 Å². The summed E-state index contributed by atoms with van der Waals surface area (Å²) in [6, 6.07) is 5.38. The third-order valence-electron chi connectivity index (χ3n) is 11.3. The molecule has 0 saturated heterocycles. The molecular weight excluding hydrogens is 628 g/mol. The number of allylic oxidation sites excluding steroid dienone is 3. The standard InChI is InChI=1S/C43H58O7/c1-9-11-13-15-27-20-32(44)39-35(21-27)50-43(7,8)31-23-34(26(6)40(46)38(31)39)49-42(48)36-28(16-14-12-10-2)22-33(45)37(41(36)47)30-19-25(5)17-18-29(30)24(3)4/h19-22,26,29-30,34,40,44-47H,3,9-18,23H2,1-2,4-8H3. The number of hydrogen-bond acceptors (Lipinski definition) is 7. The molecule has 50 heavy (non-hydrogen) atoms. The molecule has 0 saturated carbocycles. The van der Waals surface area contributed by atoms with E-state index in [0.717, 1.165) is 80.1 Å². The van der Waals surface area contributed by atoms with E-state index in [0.29, 0.717) is 40.9 Å². The Bertz CT molecular complexity index is 1680. The van der Waals surface area contributed by atoms with Crippen LogP contribution in [0.5, 0.6) is 23.0 Å². The maximum atomic E-state index is 14.3. The van der Waals surface area contributed by atoms with E-state index in [1.54, 1.807) is 12.1 Å². The summed E-state index contributed by atoms with van der Waals surface area (Å²) in [7, 11) is 0. The van der Waals surface area contributed by atoms with E-state index >= 15 is 0 Å². The third kappa shape index (κ3) is 7.35. The average molecular weight is 687 g/mol. The zero-order chi connectivity index (χ0) is 36.5. The molecule has 7 nitrogen and oxygen atoms in total. The lowest BCUT2D eigenvalue weighted by Gasteiger charge is -2.45. The molecule has 0 fully saturated rings. The Morgan fingerprint density at radius 3 is 2.36 bits per heavy atom. The molecule has 5 rings (SSSR count). The lowest BCUT2D eigenvalue weighted by molar-refractivity contribution is -0.0126. The Labute approximate surface area is 298 Å². The second kappa shape index (κ2) is 15.3. The molecular formula is C43H58O7. The Hall–Kier alpha value is -3.71. The molecule has 0 radical (unpaired) electrons.